The van der Waals surface area contributed by atoms with Gasteiger partial charge < -0.3 is 14.8 Å². The first-order chi connectivity index (χ1) is 8.72. The summed E-state index contributed by atoms with van der Waals surface area (Å²) in [5, 5.41) is 3.18. The van der Waals surface area contributed by atoms with Crippen molar-refractivity contribution in [3.63, 3.8) is 0 Å². The predicted molar refractivity (Wildman–Crippen MR) is 73.7 cm³/mol. The van der Waals surface area contributed by atoms with Crippen molar-refractivity contribution in [3.8, 4) is 0 Å². The molecule has 1 rings (SSSR count). The smallest absolute Gasteiger partial charge is 0.126 e. The molecule has 0 spiro atoms. The monoisotopic (exact) mass is 252 g/mol. The van der Waals surface area contributed by atoms with Gasteiger partial charge in [0.2, 0.25) is 0 Å². The Balaban J connectivity index is 2.16. The molecule has 1 N–H and O–H groups in total. The third-order valence-corrected chi connectivity index (χ3v) is 2.24. The average Bonchev–Trinajstić information content (AvgIpc) is 2.34. The van der Waals surface area contributed by atoms with Crippen LogP contribution >= 0.6 is 0 Å². The first-order valence-electron chi connectivity index (χ1n) is 6.57. The first kappa shape index (κ1) is 14.9. The maximum Gasteiger partial charge on any atom is 0.126 e. The minimum atomic E-state index is 0.532. The van der Waals surface area contributed by atoms with E-state index in [0.29, 0.717) is 25.7 Å². The van der Waals surface area contributed by atoms with E-state index >= 15 is 0 Å². The van der Waals surface area contributed by atoms with Gasteiger partial charge >= 0.3 is 0 Å². The molecule has 4 nitrogen and oxygen atoms in total. The number of anilines is 1. The Kier molecular flexibility index (Phi) is 7.37. The van der Waals surface area contributed by atoms with Crippen molar-refractivity contribution in [2.45, 2.75) is 27.4 Å². The van der Waals surface area contributed by atoms with Gasteiger partial charge in [0.25, 0.3) is 0 Å². The van der Waals surface area contributed by atoms with Crippen LogP contribution in [0.5, 0.6) is 0 Å². The van der Waals surface area contributed by atoms with Gasteiger partial charge in [0, 0.05) is 13.2 Å². The van der Waals surface area contributed by atoms with E-state index in [9.17, 15) is 0 Å². The second kappa shape index (κ2) is 8.89. The van der Waals surface area contributed by atoms with Crippen LogP contribution in [-0.4, -0.2) is 31.3 Å². The molecular weight excluding hydrogens is 228 g/mol. The van der Waals surface area contributed by atoms with E-state index < -0.39 is 0 Å². The predicted octanol–water partition coefficient (Wildman–Crippen LogP) is 2.70. The molecule has 0 saturated heterocycles. The fourth-order valence-electron chi connectivity index (χ4n) is 1.45. The van der Waals surface area contributed by atoms with Crippen LogP contribution in [0.25, 0.3) is 0 Å². The Morgan fingerprint density at radius 1 is 1.22 bits per heavy atom. The number of hydrogen-bond acceptors (Lipinski definition) is 4. The van der Waals surface area contributed by atoms with Crippen molar-refractivity contribution >= 4 is 5.82 Å². The molecule has 0 bridgehead atoms. The fraction of sp³-hybridized carbons (Fsp3) is 0.643. The number of rotatable bonds is 9. The molecule has 1 aromatic heterocycles. The van der Waals surface area contributed by atoms with Gasteiger partial charge in [-0.1, -0.05) is 19.9 Å². The van der Waals surface area contributed by atoms with Crippen LogP contribution in [0.3, 0.4) is 0 Å². The Bertz CT molecular complexity index is 329. The lowest BCUT2D eigenvalue weighted by Crippen LogP contribution is -2.09. The van der Waals surface area contributed by atoms with Crippen LogP contribution < -0.4 is 5.32 Å². The minimum absolute atomic E-state index is 0.532. The molecule has 0 amide bonds. The van der Waals surface area contributed by atoms with Crippen molar-refractivity contribution in [2.75, 3.05) is 31.7 Å². The highest BCUT2D eigenvalue weighted by Gasteiger charge is 1.98. The average molecular weight is 252 g/mol. The quantitative estimate of drug-likeness (QED) is 0.686. The van der Waals surface area contributed by atoms with Crippen molar-refractivity contribution in [1.29, 1.82) is 0 Å². The van der Waals surface area contributed by atoms with Crippen LogP contribution in [0.1, 0.15) is 26.5 Å². The molecule has 0 aliphatic heterocycles. The molecule has 0 saturated carbocycles. The molecule has 0 aliphatic rings. The number of hydrogen-bond donors (Lipinski definition) is 1. The number of aromatic nitrogens is 1. The molecule has 0 atom stereocenters. The van der Waals surface area contributed by atoms with Gasteiger partial charge in [-0.25, -0.2) is 4.98 Å². The summed E-state index contributed by atoms with van der Waals surface area (Å²) >= 11 is 0. The summed E-state index contributed by atoms with van der Waals surface area (Å²) in [7, 11) is 0. The highest BCUT2D eigenvalue weighted by Crippen LogP contribution is 2.05. The van der Waals surface area contributed by atoms with E-state index in [1.54, 1.807) is 0 Å². The van der Waals surface area contributed by atoms with Gasteiger partial charge in [-0.3, -0.25) is 0 Å². The molecule has 0 aliphatic carbocycles. The molecule has 1 heterocycles. The van der Waals surface area contributed by atoms with Gasteiger partial charge in [0.1, 0.15) is 5.82 Å². The van der Waals surface area contributed by atoms with Crippen molar-refractivity contribution in [1.82, 2.24) is 4.98 Å². The molecule has 1 aromatic rings. The summed E-state index contributed by atoms with van der Waals surface area (Å²) in [6, 6.07) is 5.91. The Morgan fingerprint density at radius 2 is 2.00 bits per heavy atom. The van der Waals surface area contributed by atoms with Crippen LogP contribution in [0.2, 0.25) is 0 Å². The molecule has 4 heteroatoms. The van der Waals surface area contributed by atoms with Gasteiger partial charge in [-0.15, -0.1) is 0 Å². The van der Waals surface area contributed by atoms with E-state index in [-0.39, 0.29) is 0 Å². The van der Waals surface area contributed by atoms with Crippen LogP contribution in [0.4, 0.5) is 5.82 Å². The molecule has 0 radical (unpaired) electrons. The van der Waals surface area contributed by atoms with E-state index in [1.807, 2.05) is 18.2 Å². The van der Waals surface area contributed by atoms with Crippen LogP contribution in [0.15, 0.2) is 18.2 Å². The van der Waals surface area contributed by atoms with Crippen molar-refractivity contribution in [3.05, 3.63) is 23.9 Å². The second-order valence-electron chi connectivity index (χ2n) is 4.57. The Labute approximate surface area is 110 Å². The lowest BCUT2D eigenvalue weighted by Gasteiger charge is -2.08. The zero-order valence-electron chi connectivity index (χ0n) is 11.6. The number of ether oxygens (including phenoxy) is 2. The summed E-state index contributed by atoms with van der Waals surface area (Å²) in [6.45, 7) is 9.78. The number of nitrogens with zero attached hydrogens (tertiary/aromatic N) is 1. The lowest BCUT2D eigenvalue weighted by atomic mass is 10.2. The molecule has 0 fully saturated rings. The van der Waals surface area contributed by atoms with Crippen molar-refractivity contribution in [2.24, 2.45) is 5.92 Å². The van der Waals surface area contributed by atoms with E-state index in [0.717, 1.165) is 24.7 Å². The Hall–Kier alpha value is -1.13. The lowest BCUT2D eigenvalue weighted by molar-refractivity contribution is 0.0305. The summed E-state index contributed by atoms with van der Waals surface area (Å²) in [5.74, 6) is 1.47. The molecule has 102 valence electrons. The normalized spacial score (nSPS) is 10.9. The van der Waals surface area contributed by atoms with E-state index in [4.69, 9.17) is 9.47 Å². The summed E-state index contributed by atoms with van der Waals surface area (Å²) in [5.41, 5.74) is 0.942. The molecule has 0 aromatic carbocycles. The summed E-state index contributed by atoms with van der Waals surface area (Å²) < 4.78 is 11.0. The summed E-state index contributed by atoms with van der Waals surface area (Å²) in [4.78, 5) is 4.43. The molecular formula is C14H24N2O2. The molecule has 18 heavy (non-hydrogen) atoms. The first-order valence-corrected chi connectivity index (χ1v) is 6.57. The van der Waals surface area contributed by atoms with Crippen LogP contribution in [-0.2, 0) is 16.1 Å². The van der Waals surface area contributed by atoms with Gasteiger partial charge in [0.15, 0.2) is 0 Å². The fourth-order valence-corrected chi connectivity index (χ4v) is 1.45. The maximum absolute atomic E-state index is 5.52. The topological polar surface area (TPSA) is 43.4 Å². The van der Waals surface area contributed by atoms with Crippen LogP contribution in [0, 0.1) is 5.92 Å². The molecule has 0 unspecified atom stereocenters. The second-order valence-corrected chi connectivity index (χ2v) is 4.57. The zero-order valence-corrected chi connectivity index (χ0v) is 11.6. The van der Waals surface area contributed by atoms with E-state index in [2.05, 4.69) is 31.1 Å². The minimum Gasteiger partial charge on any atom is -0.379 e. The third-order valence-electron chi connectivity index (χ3n) is 2.24. The third kappa shape index (κ3) is 6.57. The number of nitrogens with one attached hydrogen (secondary N) is 1. The van der Waals surface area contributed by atoms with E-state index in [1.165, 1.54) is 0 Å². The number of pyridine rings is 1. The van der Waals surface area contributed by atoms with Crippen molar-refractivity contribution < 1.29 is 9.47 Å². The summed E-state index contributed by atoms with van der Waals surface area (Å²) in [6.07, 6.45) is 0. The highest BCUT2D eigenvalue weighted by atomic mass is 16.5. The SMILES string of the molecule is CCNc1cccc(COCCOCC(C)C)n1. The van der Waals surface area contributed by atoms with Gasteiger partial charge in [-0.2, -0.15) is 0 Å². The standard InChI is InChI=1S/C14H24N2O2/c1-4-15-14-7-5-6-13(16-14)11-18-9-8-17-10-12(2)3/h5-7,12H,4,8-11H2,1-3H3,(H,15,16). The zero-order chi connectivity index (χ0) is 13.2. The maximum atomic E-state index is 5.52. The highest BCUT2D eigenvalue weighted by molar-refractivity contribution is 5.34. The van der Waals surface area contributed by atoms with Gasteiger partial charge in [0.05, 0.1) is 25.5 Å². The Morgan fingerprint density at radius 3 is 2.72 bits per heavy atom. The van der Waals surface area contributed by atoms with Gasteiger partial charge in [-0.05, 0) is 25.0 Å². The largest absolute Gasteiger partial charge is 0.379 e.